The quantitative estimate of drug-likeness (QED) is 0.540. The van der Waals surface area contributed by atoms with Crippen molar-refractivity contribution in [2.75, 3.05) is 14.1 Å². The van der Waals surface area contributed by atoms with Gasteiger partial charge in [-0.15, -0.1) is 0 Å². The lowest BCUT2D eigenvalue weighted by molar-refractivity contribution is 0.133. The molecule has 1 nitrogen and oxygen atoms in total. The Hall–Kier alpha value is -0.0400. The van der Waals surface area contributed by atoms with Crippen LogP contribution in [0.1, 0.15) is 33.1 Å². The molecule has 1 heteroatoms. The largest absolute Gasteiger partial charge is 0.304 e. The van der Waals surface area contributed by atoms with E-state index in [9.17, 15) is 0 Å². The minimum Gasteiger partial charge on any atom is -0.304 e. The molecule has 0 bridgehead atoms. The third-order valence-electron chi connectivity index (χ3n) is 3.40. The van der Waals surface area contributed by atoms with Gasteiger partial charge < -0.3 is 4.90 Å². The van der Waals surface area contributed by atoms with Gasteiger partial charge in [0.2, 0.25) is 0 Å². The van der Waals surface area contributed by atoms with Crippen LogP contribution < -0.4 is 0 Å². The van der Waals surface area contributed by atoms with Crippen LogP contribution in [0.4, 0.5) is 0 Å². The molecule has 0 amide bonds. The first-order valence-corrected chi connectivity index (χ1v) is 4.25. The van der Waals surface area contributed by atoms with E-state index in [4.69, 9.17) is 0 Å². The van der Waals surface area contributed by atoms with Crippen molar-refractivity contribution >= 4 is 0 Å². The maximum Gasteiger partial charge on any atom is 0.0200 e. The molecule has 0 saturated heterocycles. The van der Waals surface area contributed by atoms with Crippen molar-refractivity contribution in [3.63, 3.8) is 0 Å². The summed E-state index contributed by atoms with van der Waals surface area (Å²) in [7, 11) is 4.39. The van der Waals surface area contributed by atoms with E-state index in [-0.39, 0.29) is 0 Å². The fourth-order valence-corrected chi connectivity index (χ4v) is 1.99. The van der Waals surface area contributed by atoms with Gasteiger partial charge in [-0.2, -0.15) is 0 Å². The maximum atomic E-state index is 2.38. The molecule has 0 radical (unpaired) electrons. The highest BCUT2D eigenvalue weighted by Gasteiger charge is 2.37. The van der Waals surface area contributed by atoms with Crippen LogP contribution in [-0.4, -0.2) is 24.5 Å². The number of nitrogens with zero attached hydrogens (tertiary/aromatic N) is 1. The molecule has 1 aliphatic carbocycles. The highest BCUT2D eigenvalue weighted by molar-refractivity contribution is 4.92. The van der Waals surface area contributed by atoms with Gasteiger partial charge in [-0.05, 0) is 39.8 Å². The molecule has 60 valence electrons. The van der Waals surface area contributed by atoms with E-state index in [1.807, 2.05) is 0 Å². The van der Waals surface area contributed by atoms with Crippen LogP contribution in [0.5, 0.6) is 0 Å². The Kier molecular flexibility index (Phi) is 2.04. The van der Waals surface area contributed by atoms with Gasteiger partial charge in [0.25, 0.3) is 0 Å². The molecule has 10 heavy (non-hydrogen) atoms. The maximum absolute atomic E-state index is 2.38. The average Bonchev–Trinajstić information content (AvgIpc) is 2.15. The predicted molar refractivity (Wildman–Crippen MR) is 45.1 cm³/mol. The lowest BCUT2D eigenvalue weighted by atomic mass is 9.89. The summed E-state index contributed by atoms with van der Waals surface area (Å²) in [6.45, 7) is 4.75. The molecule has 0 aromatic heterocycles. The smallest absolute Gasteiger partial charge is 0.0200 e. The van der Waals surface area contributed by atoms with Crippen molar-refractivity contribution in [1.82, 2.24) is 4.90 Å². The fraction of sp³-hybridized carbons (Fsp3) is 1.00. The highest BCUT2D eigenvalue weighted by atomic mass is 15.1. The topological polar surface area (TPSA) is 3.24 Å². The summed E-state index contributed by atoms with van der Waals surface area (Å²) in [6.07, 6.45) is 4.20. The normalized spacial score (nSPS) is 41.1. The molecule has 2 unspecified atom stereocenters. The minimum atomic E-state index is 0.486. The summed E-state index contributed by atoms with van der Waals surface area (Å²) in [6, 6.07) is 0. The lowest BCUT2D eigenvalue weighted by Crippen LogP contribution is -2.43. The standard InChI is InChI=1S/C9H19N/c1-8-6-5-7-9(8,2)10(3)4/h8H,5-7H2,1-4H3. The zero-order valence-corrected chi connectivity index (χ0v) is 7.65. The first-order valence-electron chi connectivity index (χ1n) is 4.25. The summed E-state index contributed by atoms with van der Waals surface area (Å²) >= 11 is 0. The van der Waals surface area contributed by atoms with E-state index in [2.05, 4.69) is 32.8 Å². The molecule has 1 aliphatic rings. The summed E-state index contributed by atoms with van der Waals surface area (Å²) in [5.74, 6) is 0.877. The van der Waals surface area contributed by atoms with E-state index in [1.54, 1.807) is 0 Å². The van der Waals surface area contributed by atoms with E-state index < -0.39 is 0 Å². The summed E-state index contributed by atoms with van der Waals surface area (Å²) in [4.78, 5) is 2.38. The Morgan fingerprint density at radius 2 is 2.00 bits per heavy atom. The fourth-order valence-electron chi connectivity index (χ4n) is 1.99. The van der Waals surface area contributed by atoms with Gasteiger partial charge in [-0.1, -0.05) is 13.3 Å². The molecule has 0 spiro atoms. The van der Waals surface area contributed by atoms with Crippen molar-refractivity contribution in [2.24, 2.45) is 5.92 Å². The Labute approximate surface area is 64.4 Å². The number of hydrogen-bond donors (Lipinski definition) is 0. The summed E-state index contributed by atoms with van der Waals surface area (Å²) in [5, 5.41) is 0. The van der Waals surface area contributed by atoms with E-state index >= 15 is 0 Å². The third kappa shape index (κ3) is 1.07. The molecule has 0 heterocycles. The molecular weight excluding hydrogens is 122 g/mol. The first kappa shape index (κ1) is 8.06. The molecular formula is C9H19N. The lowest BCUT2D eigenvalue weighted by Gasteiger charge is -2.36. The monoisotopic (exact) mass is 141 g/mol. The van der Waals surface area contributed by atoms with Crippen molar-refractivity contribution in [3.05, 3.63) is 0 Å². The second-order valence-electron chi connectivity index (χ2n) is 4.04. The molecule has 1 rings (SSSR count). The van der Waals surface area contributed by atoms with Crippen LogP contribution in [-0.2, 0) is 0 Å². The SMILES string of the molecule is CC1CCCC1(C)N(C)C. The van der Waals surface area contributed by atoms with Crippen LogP contribution in [0, 0.1) is 5.92 Å². The van der Waals surface area contributed by atoms with Gasteiger partial charge in [0.15, 0.2) is 0 Å². The summed E-state index contributed by atoms with van der Waals surface area (Å²) in [5.41, 5.74) is 0.486. The minimum absolute atomic E-state index is 0.486. The van der Waals surface area contributed by atoms with Crippen LogP contribution in [0.3, 0.4) is 0 Å². The number of hydrogen-bond acceptors (Lipinski definition) is 1. The van der Waals surface area contributed by atoms with Gasteiger partial charge in [0.05, 0.1) is 0 Å². The molecule has 0 aromatic carbocycles. The zero-order chi connectivity index (χ0) is 7.78. The molecule has 1 fully saturated rings. The van der Waals surface area contributed by atoms with Gasteiger partial charge in [-0.25, -0.2) is 0 Å². The predicted octanol–water partition coefficient (Wildman–Crippen LogP) is 2.13. The van der Waals surface area contributed by atoms with E-state index in [0.29, 0.717) is 5.54 Å². The van der Waals surface area contributed by atoms with Crippen molar-refractivity contribution in [3.8, 4) is 0 Å². The molecule has 0 N–H and O–H groups in total. The van der Waals surface area contributed by atoms with E-state index in [0.717, 1.165) is 5.92 Å². The van der Waals surface area contributed by atoms with Crippen LogP contribution >= 0.6 is 0 Å². The average molecular weight is 141 g/mol. The van der Waals surface area contributed by atoms with Gasteiger partial charge in [0.1, 0.15) is 0 Å². The molecule has 1 saturated carbocycles. The van der Waals surface area contributed by atoms with Gasteiger partial charge >= 0.3 is 0 Å². The number of rotatable bonds is 1. The first-order chi connectivity index (χ1) is 4.57. The highest BCUT2D eigenvalue weighted by Crippen LogP contribution is 2.38. The van der Waals surface area contributed by atoms with Crippen molar-refractivity contribution in [2.45, 2.75) is 38.6 Å². The molecule has 2 atom stereocenters. The van der Waals surface area contributed by atoms with Crippen molar-refractivity contribution in [1.29, 1.82) is 0 Å². The van der Waals surface area contributed by atoms with Crippen LogP contribution in [0.2, 0.25) is 0 Å². The Bertz CT molecular complexity index is 120. The van der Waals surface area contributed by atoms with Gasteiger partial charge in [-0.3, -0.25) is 0 Å². The third-order valence-corrected chi connectivity index (χ3v) is 3.40. The second kappa shape index (κ2) is 2.54. The van der Waals surface area contributed by atoms with Crippen LogP contribution in [0.25, 0.3) is 0 Å². The van der Waals surface area contributed by atoms with E-state index in [1.165, 1.54) is 19.3 Å². The Morgan fingerprint density at radius 1 is 1.40 bits per heavy atom. The zero-order valence-electron chi connectivity index (χ0n) is 7.65. The van der Waals surface area contributed by atoms with Crippen molar-refractivity contribution < 1.29 is 0 Å². The Balaban J connectivity index is 2.66. The summed E-state index contributed by atoms with van der Waals surface area (Å²) < 4.78 is 0. The van der Waals surface area contributed by atoms with Gasteiger partial charge in [0, 0.05) is 5.54 Å². The second-order valence-corrected chi connectivity index (χ2v) is 4.04. The molecule has 0 aliphatic heterocycles. The van der Waals surface area contributed by atoms with Crippen LogP contribution in [0.15, 0.2) is 0 Å². The molecule has 0 aromatic rings. The Morgan fingerprint density at radius 3 is 2.20 bits per heavy atom.